The molecule has 0 heterocycles. The van der Waals surface area contributed by atoms with Crippen molar-refractivity contribution < 1.29 is 0 Å². The van der Waals surface area contributed by atoms with E-state index in [1.54, 1.807) is 5.57 Å². The summed E-state index contributed by atoms with van der Waals surface area (Å²) < 4.78 is 0. The zero-order valence-corrected chi connectivity index (χ0v) is 14.1. The molecule has 0 aromatic heterocycles. The van der Waals surface area contributed by atoms with E-state index in [4.69, 9.17) is 11.6 Å². The Balaban J connectivity index is 1.95. The van der Waals surface area contributed by atoms with Crippen LogP contribution in [0.1, 0.15) is 52.0 Å². The normalized spacial score (nSPS) is 18.9. The summed E-state index contributed by atoms with van der Waals surface area (Å²) in [6, 6.07) is 7.94. The Morgan fingerprint density at radius 3 is 2.43 bits per heavy atom. The van der Waals surface area contributed by atoms with Crippen molar-refractivity contribution in [3.8, 4) is 0 Å². The lowest BCUT2D eigenvalue weighted by molar-refractivity contribution is 0.376. The molecule has 0 spiro atoms. The predicted octanol–water partition coefficient (Wildman–Crippen LogP) is 6.83. The van der Waals surface area contributed by atoms with Gasteiger partial charge in [0.05, 0.1) is 0 Å². The number of benzene rings is 1. The fourth-order valence-electron chi connectivity index (χ4n) is 3.05. The third-order valence-electron chi connectivity index (χ3n) is 4.28. The average molecular weight is 301 g/mol. The van der Waals surface area contributed by atoms with Crippen LogP contribution in [0.4, 0.5) is 0 Å². The Morgan fingerprint density at radius 2 is 1.76 bits per heavy atom. The third-order valence-corrected chi connectivity index (χ3v) is 4.53. The molecule has 0 aliphatic heterocycles. The summed E-state index contributed by atoms with van der Waals surface area (Å²) >= 11 is 5.88. The second kappa shape index (κ2) is 7.13. The molecule has 0 saturated heterocycles. The van der Waals surface area contributed by atoms with Crippen LogP contribution in [0.15, 0.2) is 53.6 Å². The van der Waals surface area contributed by atoms with Crippen molar-refractivity contribution in [2.75, 3.05) is 0 Å². The maximum atomic E-state index is 5.88. The van der Waals surface area contributed by atoms with Gasteiger partial charge >= 0.3 is 0 Å². The number of rotatable bonds is 4. The van der Waals surface area contributed by atoms with Crippen molar-refractivity contribution in [3.63, 3.8) is 0 Å². The topological polar surface area (TPSA) is 0 Å². The molecule has 1 aliphatic carbocycles. The van der Waals surface area contributed by atoms with Crippen LogP contribution in [-0.4, -0.2) is 0 Å². The summed E-state index contributed by atoms with van der Waals surface area (Å²) in [4.78, 5) is 0. The molecule has 0 saturated carbocycles. The first-order chi connectivity index (χ1) is 9.99. The monoisotopic (exact) mass is 300 g/mol. The zero-order chi connectivity index (χ0) is 15.3. The van der Waals surface area contributed by atoms with Gasteiger partial charge in [-0.1, -0.05) is 67.5 Å². The standard InChI is InChI=1S/C20H25Cl/c1-16-8-7-15-20(2,3)19(16)10-6-4-5-9-17-11-13-18(21)14-12-17/h5-6,9-14H,4,7-8,15H2,1-3H3/b9-5+,10-6+. The summed E-state index contributed by atoms with van der Waals surface area (Å²) in [6.45, 7) is 7.00. The van der Waals surface area contributed by atoms with Crippen LogP contribution in [0, 0.1) is 5.41 Å². The van der Waals surface area contributed by atoms with Gasteiger partial charge in [0.1, 0.15) is 0 Å². The number of halogens is 1. The van der Waals surface area contributed by atoms with Gasteiger partial charge in [-0.3, -0.25) is 0 Å². The minimum absolute atomic E-state index is 0.332. The number of allylic oxidation sites excluding steroid dienone is 5. The van der Waals surface area contributed by atoms with Gasteiger partial charge in [0.15, 0.2) is 0 Å². The Kier molecular flexibility index (Phi) is 5.47. The SMILES string of the molecule is CC1=C(/C=C/C/C=C/c2ccc(Cl)cc2)C(C)(C)CCC1. The number of hydrogen-bond donors (Lipinski definition) is 0. The van der Waals surface area contributed by atoms with Crippen LogP contribution in [-0.2, 0) is 0 Å². The van der Waals surface area contributed by atoms with E-state index < -0.39 is 0 Å². The molecule has 1 aromatic rings. The summed E-state index contributed by atoms with van der Waals surface area (Å²) in [6.07, 6.45) is 13.8. The van der Waals surface area contributed by atoms with Crippen LogP contribution >= 0.6 is 11.6 Å². The van der Waals surface area contributed by atoms with Gasteiger partial charge < -0.3 is 0 Å². The van der Waals surface area contributed by atoms with Crippen LogP contribution in [0.3, 0.4) is 0 Å². The molecule has 1 aromatic carbocycles. The van der Waals surface area contributed by atoms with Crippen molar-refractivity contribution in [2.45, 2.75) is 46.5 Å². The molecule has 0 fully saturated rings. The van der Waals surface area contributed by atoms with Crippen molar-refractivity contribution in [1.82, 2.24) is 0 Å². The van der Waals surface area contributed by atoms with Crippen molar-refractivity contribution >= 4 is 17.7 Å². The molecular weight excluding hydrogens is 276 g/mol. The first-order valence-electron chi connectivity index (χ1n) is 7.78. The lowest BCUT2D eigenvalue weighted by Gasteiger charge is -2.32. The molecule has 0 unspecified atom stereocenters. The first kappa shape index (κ1) is 16.1. The predicted molar refractivity (Wildman–Crippen MR) is 94.6 cm³/mol. The van der Waals surface area contributed by atoms with Crippen molar-refractivity contribution in [3.05, 3.63) is 64.2 Å². The lowest BCUT2D eigenvalue weighted by Crippen LogP contribution is -2.18. The Labute approximate surface area is 134 Å². The first-order valence-corrected chi connectivity index (χ1v) is 8.16. The second-order valence-corrected chi connectivity index (χ2v) is 6.96. The van der Waals surface area contributed by atoms with E-state index in [-0.39, 0.29) is 0 Å². The van der Waals surface area contributed by atoms with Gasteiger partial charge in [0.25, 0.3) is 0 Å². The van der Waals surface area contributed by atoms with Gasteiger partial charge in [-0.2, -0.15) is 0 Å². The molecule has 1 heteroatoms. The Morgan fingerprint density at radius 1 is 1.10 bits per heavy atom. The van der Waals surface area contributed by atoms with Crippen LogP contribution in [0.5, 0.6) is 0 Å². The maximum absolute atomic E-state index is 5.88. The molecule has 0 nitrogen and oxygen atoms in total. The highest BCUT2D eigenvalue weighted by Crippen LogP contribution is 2.40. The van der Waals surface area contributed by atoms with E-state index in [1.165, 1.54) is 30.4 Å². The minimum atomic E-state index is 0.332. The van der Waals surface area contributed by atoms with Gasteiger partial charge in [0.2, 0.25) is 0 Å². The molecule has 112 valence electrons. The van der Waals surface area contributed by atoms with E-state index in [0.717, 1.165) is 11.4 Å². The lowest BCUT2D eigenvalue weighted by atomic mass is 9.72. The van der Waals surface area contributed by atoms with E-state index in [2.05, 4.69) is 45.1 Å². The van der Waals surface area contributed by atoms with Crippen LogP contribution in [0.2, 0.25) is 5.02 Å². The van der Waals surface area contributed by atoms with E-state index in [1.807, 2.05) is 24.3 Å². The zero-order valence-electron chi connectivity index (χ0n) is 13.3. The largest absolute Gasteiger partial charge is 0.0843 e. The molecular formula is C20H25Cl. The second-order valence-electron chi connectivity index (χ2n) is 6.52. The molecule has 0 atom stereocenters. The smallest absolute Gasteiger partial charge is 0.0406 e. The molecule has 1 aliphatic rings. The quantitative estimate of drug-likeness (QED) is 0.572. The maximum Gasteiger partial charge on any atom is 0.0406 e. The van der Waals surface area contributed by atoms with Gasteiger partial charge in [-0.15, -0.1) is 0 Å². The highest BCUT2D eigenvalue weighted by molar-refractivity contribution is 6.30. The van der Waals surface area contributed by atoms with Crippen LogP contribution < -0.4 is 0 Å². The van der Waals surface area contributed by atoms with E-state index >= 15 is 0 Å². The fraction of sp³-hybridized carbons (Fsp3) is 0.400. The molecule has 0 radical (unpaired) electrons. The Hall–Kier alpha value is -1.27. The van der Waals surface area contributed by atoms with Crippen LogP contribution in [0.25, 0.3) is 6.08 Å². The molecule has 0 amide bonds. The summed E-state index contributed by atoms with van der Waals surface area (Å²) in [5.41, 5.74) is 4.62. The summed E-state index contributed by atoms with van der Waals surface area (Å²) in [5.74, 6) is 0. The highest BCUT2D eigenvalue weighted by atomic mass is 35.5. The van der Waals surface area contributed by atoms with Gasteiger partial charge in [-0.25, -0.2) is 0 Å². The molecule has 21 heavy (non-hydrogen) atoms. The summed E-state index contributed by atoms with van der Waals surface area (Å²) in [7, 11) is 0. The fourth-order valence-corrected chi connectivity index (χ4v) is 3.18. The average Bonchev–Trinajstić information content (AvgIpc) is 2.43. The highest BCUT2D eigenvalue weighted by Gasteiger charge is 2.26. The van der Waals surface area contributed by atoms with Crippen molar-refractivity contribution in [2.24, 2.45) is 5.41 Å². The third kappa shape index (κ3) is 4.61. The van der Waals surface area contributed by atoms with E-state index in [9.17, 15) is 0 Å². The van der Waals surface area contributed by atoms with Gasteiger partial charge in [0, 0.05) is 5.02 Å². The van der Waals surface area contributed by atoms with E-state index in [0.29, 0.717) is 5.41 Å². The summed E-state index contributed by atoms with van der Waals surface area (Å²) in [5, 5.41) is 0.786. The molecule has 0 bridgehead atoms. The van der Waals surface area contributed by atoms with Gasteiger partial charge in [-0.05, 0) is 61.3 Å². The minimum Gasteiger partial charge on any atom is -0.0843 e. The molecule has 2 rings (SSSR count). The van der Waals surface area contributed by atoms with Crippen molar-refractivity contribution in [1.29, 1.82) is 0 Å². The number of hydrogen-bond acceptors (Lipinski definition) is 0. The Bertz CT molecular complexity index is 556. The molecule has 0 N–H and O–H groups in total.